The summed E-state index contributed by atoms with van der Waals surface area (Å²) < 4.78 is 0. The normalized spacial score (nSPS) is 5.14. The largest absolute Gasteiger partial charge is 2.00 e. The molecule has 0 aromatic heterocycles. The SMILES string of the molecule is Cl[CH-]Cl.[CH2-]CC.[Fe+2]. The van der Waals surface area contributed by atoms with E-state index in [9.17, 15) is 0 Å². The van der Waals surface area contributed by atoms with Crippen LogP contribution in [0.2, 0.25) is 0 Å². The van der Waals surface area contributed by atoms with Gasteiger partial charge >= 0.3 is 17.1 Å². The molecule has 0 aliphatic carbocycles. The molecule has 0 spiro atoms. The first-order chi connectivity index (χ1) is 2.83. The van der Waals surface area contributed by atoms with Crippen LogP contribution in [0.15, 0.2) is 0 Å². The van der Waals surface area contributed by atoms with Gasteiger partial charge in [-0.3, -0.25) is 0 Å². The molecule has 0 unspecified atom stereocenters. The third-order valence-electron chi connectivity index (χ3n) is 0. The van der Waals surface area contributed by atoms with Gasteiger partial charge in [0.2, 0.25) is 0 Å². The van der Waals surface area contributed by atoms with Gasteiger partial charge in [0.1, 0.15) is 0 Å². The Morgan fingerprint density at radius 2 is 1.57 bits per heavy atom. The molecule has 0 N–H and O–H groups in total. The van der Waals surface area contributed by atoms with Crippen molar-refractivity contribution in [1.82, 2.24) is 0 Å². The maximum Gasteiger partial charge on any atom is 2.00 e. The van der Waals surface area contributed by atoms with E-state index in [1.807, 2.05) is 6.92 Å². The summed E-state index contributed by atoms with van der Waals surface area (Å²) >= 11 is 9.28. The monoisotopic (exact) mass is 182 g/mol. The maximum absolute atomic E-state index is 4.64. The Balaban J connectivity index is -0.0000000400. The van der Waals surface area contributed by atoms with Crippen LogP contribution < -0.4 is 0 Å². The van der Waals surface area contributed by atoms with E-state index < -0.39 is 0 Å². The third kappa shape index (κ3) is 153. The van der Waals surface area contributed by atoms with Crippen molar-refractivity contribution >= 4 is 23.2 Å². The Morgan fingerprint density at radius 3 is 1.57 bits per heavy atom. The molecular formula is C4H8Cl2Fe. The van der Waals surface area contributed by atoms with Gasteiger partial charge in [0.05, 0.1) is 0 Å². The fraction of sp³-hybridized carbons (Fsp3) is 0.500. The molecule has 46 valence electrons. The fourth-order valence-corrected chi connectivity index (χ4v) is 0. The number of rotatable bonds is 0. The van der Waals surface area contributed by atoms with Gasteiger partial charge in [0.25, 0.3) is 0 Å². The first kappa shape index (κ1) is 15.7. The van der Waals surface area contributed by atoms with E-state index in [0.717, 1.165) is 11.8 Å². The Morgan fingerprint density at radius 1 is 1.57 bits per heavy atom. The minimum absolute atomic E-state index is 0. The van der Waals surface area contributed by atoms with Crippen LogP contribution in [0.25, 0.3) is 0 Å². The predicted molar refractivity (Wildman–Crippen MR) is 31.7 cm³/mol. The topological polar surface area (TPSA) is 0 Å². The van der Waals surface area contributed by atoms with Crippen molar-refractivity contribution in [2.75, 3.05) is 0 Å². The van der Waals surface area contributed by atoms with Crippen molar-refractivity contribution in [3.05, 3.63) is 12.3 Å². The van der Waals surface area contributed by atoms with Crippen molar-refractivity contribution in [3.8, 4) is 0 Å². The predicted octanol–water partition coefficient (Wildman–Crippen LogP) is 2.81. The molecule has 0 rings (SSSR count). The summed E-state index contributed by atoms with van der Waals surface area (Å²) in [5.41, 5.74) is 0. The number of hydrogen-bond acceptors (Lipinski definition) is 0. The van der Waals surface area contributed by atoms with E-state index in [1.165, 1.54) is 0 Å². The zero-order valence-electron chi connectivity index (χ0n) is 4.10. The molecule has 0 aromatic carbocycles. The average molecular weight is 183 g/mol. The minimum Gasteiger partial charge on any atom is -0.344 e. The third-order valence-corrected chi connectivity index (χ3v) is 0. The van der Waals surface area contributed by atoms with Gasteiger partial charge in [-0.25, -0.2) is 0 Å². The molecule has 0 bridgehead atoms. The van der Waals surface area contributed by atoms with Crippen molar-refractivity contribution in [1.29, 1.82) is 0 Å². The second kappa shape index (κ2) is 27.5. The van der Waals surface area contributed by atoms with Crippen LogP contribution >= 0.6 is 23.2 Å². The first-order valence-electron chi connectivity index (χ1n) is 1.64. The van der Waals surface area contributed by atoms with E-state index in [4.69, 9.17) is 0 Å². The van der Waals surface area contributed by atoms with Crippen molar-refractivity contribution in [2.24, 2.45) is 0 Å². The molecule has 0 heterocycles. The van der Waals surface area contributed by atoms with Gasteiger partial charge in [-0.15, -0.1) is 0 Å². The van der Waals surface area contributed by atoms with Crippen LogP contribution in [0.3, 0.4) is 0 Å². The standard InChI is InChI=1S/C3H7.CHCl2.Fe/c1-3-2;2-1-3;/h1,3H2,2H3;1H;/q2*-1;+2. The second-order valence-electron chi connectivity index (χ2n) is 0.582. The molecule has 0 saturated carbocycles. The molecule has 0 radical (unpaired) electrons. The Kier molecular flexibility index (Phi) is 61.7. The number of halogens is 2. The summed E-state index contributed by atoms with van der Waals surface area (Å²) in [6, 6.07) is 0. The molecule has 0 fully saturated rings. The Labute approximate surface area is 66.0 Å². The summed E-state index contributed by atoms with van der Waals surface area (Å²) in [5, 5.41) is 0.944. The van der Waals surface area contributed by atoms with Crippen molar-refractivity contribution in [3.63, 3.8) is 0 Å². The van der Waals surface area contributed by atoms with E-state index >= 15 is 0 Å². The van der Waals surface area contributed by atoms with Gasteiger partial charge in [-0.05, 0) is 0 Å². The van der Waals surface area contributed by atoms with E-state index in [2.05, 4.69) is 30.1 Å². The second-order valence-corrected chi connectivity index (χ2v) is 1.24. The van der Waals surface area contributed by atoms with E-state index in [-0.39, 0.29) is 17.1 Å². The molecule has 3 heteroatoms. The van der Waals surface area contributed by atoms with Gasteiger partial charge in [-0.1, -0.05) is 6.92 Å². The summed E-state index contributed by atoms with van der Waals surface area (Å²) in [7, 11) is 0. The van der Waals surface area contributed by atoms with Crippen molar-refractivity contribution in [2.45, 2.75) is 13.3 Å². The van der Waals surface area contributed by atoms with Gasteiger partial charge in [0.15, 0.2) is 0 Å². The van der Waals surface area contributed by atoms with Crippen LogP contribution in [0.4, 0.5) is 0 Å². The van der Waals surface area contributed by atoms with Crippen LogP contribution in [-0.2, 0) is 17.1 Å². The van der Waals surface area contributed by atoms with Crippen LogP contribution in [0.1, 0.15) is 13.3 Å². The van der Waals surface area contributed by atoms with Gasteiger partial charge in [0, 0.05) is 0 Å². The fourth-order valence-electron chi connectivity index (χ4n) is 0. The smallest absolute Gasteiger partial charge is 0.344 e. The van der Waals surface area contributed by atoms with Crippen LogP contribution in [-0.4, -0.2) is 0 Å². The minimum atomic E-state index is 0. The Bertz CT molecular complexity index is 11.7. The molecule has 0 amide bonds. The van der Waals surface area contributed by atoms with Gasteiger partial charge in [-0.2, -0.15) is 11.8 Å². The zero-order valence-corrected chi connectivity index (χ0v) is 6.72. The summed E-state index contributed by atoms with van der Waals surface area (Å²) in [4.78, 5) is 0. The summed E-state index contributed by atoms with van der Waals surface area (Å²) in [6.07, 6.45) is 1.00. The molecular weight excluding hydrogens is 175 g/mol. The quantitative estimate of drug-likeness (QED) is 0.400. The molecule has 0 saturated heterocycles. The van der Waals surface area contributed by atoms with Crippen molar-refractivity contribution < 1.29 is 17.1 Å². The van der Waals surface area contributed by atoms with Crippen LogP contribution in [0.5, 0.6) is 0 Å². The van der Waals surface area contributed by atoms with Gasteiger partial charge < -0.3 is 30.1 Å². The average Bonchev–Trinajstić information content (AvgIpc) is 1.39. The van der Waals surface area contributed by atoms with Crippen LogP contribution in [0, 0.1) is 12.3 Å². The van der Waals surface area contributed by atoms with E-state index in [1.54, 1.807) is 0 Å². The molecule has 7 heavy (non-hydrogen) atoms. The number of hydrogen-bond donors (Lipinski definition) is 0. The first-order valence-corrected chi connectivity index (χ1v) is 2.52. The summed E-state index contributed by atoms with van der Waals surface area (Å²) in [6.45, 7) is 5.50. The molecule has 0 aliphatic heterocycles. The zero-order chi connectivity index (χ0) is 5.41. The molecule has 0 nitrogen and oxygen atoms in total. The molecule has 0 aliphatic rings. The maximum atomic E-state index is 4.64. The Hall–Kier alpha value is 1.10. The van der Waals surface area contributed by atoms with E-state index in [0.29, 0.717) is 0 Å². The molecule has 0 aromatic rings. The summed E-state index contributed by atoms with van der Waals surface area (Å²) in [5.74, 6) is 0. The molecule has 0 atom stereocenters.